The Hall–Kier alpha value is -3.21. The molecule has 1 aromatic carbocycles. The first-order chi connectivity index (χ1) is 12.2. The number of aromatic carboxylic acids is 1. The number of aromatic nitrogens is 2. The first-order valence-electron chi connectivity index (χ1n) is 8.15. The minimum atomic E-state index is -0.900. The summed E-state index contributed by atoms with van der Waals surface area (Å²) in [5.41, 5.74) is 4.21. The van der Waals surface area contributed by atoms with Gasteiger partial charge in [-0.1, -0.05) is 18.2 Å². The Labute approximate surface area is 145 Å². The van der Waals surface area contributed by atoms with Crippen molar-refractivity contribution in [2.45, 2.75) is 18.4 Å². The summed E-state index contributed by atoms with van der Waals surface area (Å²) in [4.78, 5) is 20.1. The van der Waals surface area contributed by atoms with Crippen molar-refractivity contribution in [2.75, 3.05) is 5.32 Å². The zero-order valence-corrected chi connectivity index (χ0v) is 13.5. The molecule has 2 N–H and O–H groups in total. The van der Waals surface area contributed by atoms with E-state index in [9.17, 15) is 9.90 Å². The van der Waals surface area contributed by atoms with E-state index in [1.54, 1.807) is 24.5 Å². The van der Waals surface area contributed by atoms with Gasteiger partial charge in [0.1, 0.15) is 0 Å². The maximum atomic E-state index is 11.6. The average molecular weight is 331 g/mol. The van der Waals surface area contributed by atoms with Gasteiger partial charge in [-0.2, -0.15) is 0 Å². The lowest BCUT2D eigenvalue weighted by atomic mass is 9.79. The summed E-state index contributed by atoms with van der Waals surface area (Å²) in [5.74, 6) is -0.825. The van der Waals surface area contributed by atoms with Crippen molar-refractivity contribution in [1.82, 2.24) is 9.97 Å². The van der Waals surface area contributed by atoms with Gasteiger partial charge >= 0.3 is 5.97 Å². The van der Waals surface area contributed by atoms with Gasteiger partial charge in [-0.05, 0) is 47.4 Å². The van der Waals surface area contributed by atoms with Crippen LogP contribution in [0.1, 0.15) is 39.0 Å². The van der Waals surface area contributed by atoms with E-state index >= 15 is 0 Å². The molecule has 2 aromatic heterocycles. The van der Waals surface area contributed by atoms with Crippen LogP contribution in [0.5, 0.6) is 0 Å². The van der Waals surface area contributed by atoms with E-state index in [-0.39, 0.29) is 12.0 Å². The van der Waals surface area contributed by atoms with E-state index < -0.39 is 5.97 Å². The van der Waals surface area contributed by atoms with E-state index in [0.29, 0.717) is 12.0 Å². The lowest BCUT2D eigenvalue weighted by Crippen LogP contribution is -2.28. The molecule has 5 heteroatoms. The maximum Gasteiger partial charge on any atom is 0.336 e. The topological polar surface area (TPSA) is 75.1 Å². The van der Waals surface area contributed by atoms with Crippen LogP contribution in [0.4, 0.5) is 5.69 Å². The highest BCUT2D eigenvalue weighted by atomic mass is 16.4. The fourth-order valence-corrected chi connectivity index (χ4v) is 3.53. The molecule has 0 radical (unpaired) electrons. The smallest absolute Gasteiger partial charge is 0.336 e. The Morgan fingerprint density at radius 3 is 2.36 bits per heavy atom. The third-order valence-corrected chi connectivity index (χ3v) is 4.70. The first kappa shape index (κ1) is 15.3. The van der Waals surface area contributed by atoms with Gasteiger partial charge in [0.2, 0.25) is 0 Å². The van der Waals surface area contributed by atoms with Crippen molar-refractivity contribution in [2.24, 2.45) is 0 Å². The van der Waals surface area contributed by atoms with Gasteiger partial charge in [-0.3, -0.25) is 9.97 Å². The molecule has 0 aliphatic carbocycles. The maximum absolute atomic E-state index is 11.6. The van der Waals surface area contributed by atoms with Crippen LogP contribution in [-0.2, 0) is 6.42 Å². The highest BCUT2D eigenvalue weighted by Gasteiger charge is 2.32. The minimum Gasteiger partial charge on any atom is -0.478 e. The summed E-state index contributed by atoms with van der Waals surface area (Å²) in [7, 11) is 0. The van der Waals surface area contributed by atoms with Crippen molar-refractivity contribution in [3.63, 3.8) is 0 Å². The molecule has 124 valence electrons. The SMILES string of the molecule is O=C(O)c1cccc2c1CC(c1cccnc1)C(c1cccnc1)N2. The molecule has 1 aliphatic rings. The molecule has 3 aromatic rings. The van der Waals surface area contributed by atoms with Gasteiger partial charge in [0, 0.05) is 36.4 Å². The van der Waals surface area contributed by atoms with E-state index in [0.717, 1.165) is 22.4 Å². The summed E-state index contributed by atoms with van der Waals surface area (Å²) in [5, 5.41) is 13.1. The zero-order valence-electron chi connectivity index (χ0n) is 13.5. The monoisotopic (exact) mass is 331 g/mol. The summed E-state index contributed by atoms with van der Waals surface area (Å²) >= 11 is 0. The van der Waals surface area contributed by atoms with Gasteiger partial charge < -0.3 is 10.4 Å². The Morgan fingerprint density at radius 1 is 1.00 bits per heavy atom. The van der Waals surface area contributed by atoms with E-state index in [1.165, 1.54) is 0 Å². The largest absolute Gasteiger partial charge is 0.478 e. The van der Waals surface area contributed by atoms with E-state index in [4.69, 9.17) is 0 Å². The third-order valence-electron chi connectivity index (χ3n) is 4.70. The van der Waals surface area contributed by atoms with Gasteiger partial charge in [0.05, 0.1) is 11.6 Å². The molecule has 0 amide bonds. The Kier molecular flexibility index (Phi) is 3.90. The van der Waals surface area contributed by atoms with Crippen LogP contribution in [0.2, 0.25) is 0 Å². The third kappa shape index (κ3) is 2.85. The molecule has 3 heterocycles. The molecule has 5 nitrogen and oxygen atoms in total. The zero-order chi connectivity index (χ0) is 17.2. The number of nitrogens with zero attached hydrogens (tertiary/aromatic N) is 2. The van der Waals surface area contributed by atoms with Crippen molar-refractivity contribution < 1.29 is 9.90 Å². The van der Waals surface area contributed by atoms with Gasteiger partial charge in [-0.15, -0.1) is 0 Å². The van der Waals surface area contributed by atoms with Crippen LogP contribution in [-0.4, -0.2) is 21.0 Å². The second kappa shape index (κ2) is 6.36. The Balaban J connectivity index is 1.84. The van der Waals surface area contributed by atoms with Gasteiger partial charge in [0.25, 0.3) is 0 Å². The standard InChI is InChI=1S/C20H17N3O2/c24-20(25)15-6-1-7-18-17(15)10-16(13-4-2-8-21-11-13)19(23-18)14-5-3-9-22-12-14/h1-9,11-12,16,19,23H,10H2,(H,24,25). The second-order valence-electron chi connectivity index (χ2n) is 6.14. The van der Waals surface area contributed by atoms with Gasteiger partial charge in [-0.25, -0.2) is 4.79 Å². The van der Waals surface area contributed by atoms with Crippen molar-refractivity contribution in [1.29, 1.82) is 0 Å². The van der Waals surface area contributed by atoms with Crippen LogP contribution in [0.15, 0.2) is 67.3 Å². The first-order valence-corrected chi connectivity index (χ1v) is 8.15. The lowest BCUT2D eigenvalue weighted by Gasteiger charge is -2.35. The molecule has 0 bridgehead atoms. The molecular formula is C20H17N3O2. The molecular weight excluding hydrogens is 314 g/mol. The quantitative estimate of drug-likeness (QED) is 0.766. The molecule has 0 fully saturated rings. The summed E-state index contributed by atoms with van der Waals surface area (Å²) in [6, 6.07) is 13.3. The molecule has 25 heavy (non-hydrogen) atoms. The predicted molar refractivity (Wildman–Crippen MR) is 94.7 cm³/mol. The number of carboxylic acids is 1. The van der Waals surface area contributed by atoms with E-state index in [1.807, 2.05) is 42.7 Å². The minimum absolute atomic E-state index is 0.00875. The lowest BCUT2D eigenvalue weighted by molar-refractivity contribution is 0.0695. The second-order valence-corrected chi connectivity index (χ2v) is 6.14. The normalized spacial score (nSPS) is 18.9. The predicted octanol–water partition coefficient (Wildman–Crippen LogP) is 3.67. The van der Waals surface area contributed by atoms with Crippen molar-refractivity contribution in [3.8, 4) is 0 Å². The van der Waals surface area contributed by atoms with Crippen molar-refractivity contribution >= 4 is 11.7 Å². The van der Waals surface area contributed by atoms with Crippen LogP contribution < -0.4 is 5.32 Å². The molecule has 2 atom stereocenters. The number of pyridine rings is 2. The average Bonchev–Trinajstić information content (AvgIpc) is 2.67. The fourth-order valence-electron chi connectivity index (χ4n) is 3.53. The number of anilines is 1. The van der Waals surface area contributed by atoms with Crippen LogP contribution in [0, 0.1) is 0 Å². The van der Waals surface area contributed by atoms with Crippen LogP contribution in [0.25, 0.3) is 0 Å². The van der Waals surface area contributed by atoms with Crippen LogP contribution in [0.3, 0.4) is 0 Å². The Bertz CT molecular complexity index is 897. The van der Waals surface area contributed by atoms with Gasteiger partial charge in [0.15, 0.2) is 0 Å². The molecule has 0 saturated carbocycles. The number of hydrogen-bond acceptors (Lipinski definition) is 4. The Morgan fingerprint density at radius 2 is 1.72 bits per heavy atom. The number of carbonyl (C=O) groups is 1. The number of hydrogen-bond donors (Lipinski definition) is 2. The molecule has 1 aliphatic heterocycles. The number of carboxylic acid groups (broad SMARTS) is 1. The number of nitrogens with one attached hydrogen (secondary N) is 1. The summed E-state index contributed by atoms with van der Waals surface area (Å²) in [6.07, 6.45) is 7.84. The molecule has 0 saturated heterocycles. The number of benzene rings is 1. The molecule has 0 spiro atoms. The summed E-state index contributed by atoms with van der Waals surface area (Å²) < 4.78 is 0. The summed E-state index contributed by atoms with van der Waals surface area (Å²) in [6.45, 7) is 0. The van der Waals surface area contributed by atoms with Crippen molar-refractivity contribution in [3.05, 3.63) is 89.5 Å². The number of rotatable bonds is 3. The van der Waals surface area contributed by atoms with Crippen LogP contribution >= 0.6 is 0 Å². The molecule has 2 unspecified atom stereocenters. The number of fused-ring (bicyclic) bond motifs is 1. The van der Waals surface area contributed by atoms with E-state index in [2.05, 4.69) is 15.3 Å². The fraction of sp³-hybridized carbons (Fsp3) is 0.150. The highest BCUT2D eigenvalue weighted by Crippen LogP contribution is 2.43. The highest BCUT2D eigenvalue weighted by molar-refractivity contribution is 5.91. The molecule has 4 rings (SSSR count).